The Hall–Kier alpha value is -2.01. The molecule has 5 nitrogen and oxygen atoms in total. The first-order chi connectivity index (χ1) is 9.12. The molecule has 100 valence electrons. The maximum Gasteiger partial charge on any atom is 0.214 e. The molecule has 19 heavy (non-hydrogen) atoms. The fourth-order valence-electron chi connectivity index (χ4n) is 1.82. The lowest BCUT2D eigenvalue weighted by molar-refractivity contribution is 0.00993. The van der Waals surface area contributed by atoms with Gasteiger partial charge in [-0.25, -0.2) is 4.68 Å². The summed E-state index contributed by atoms with van der Waals surface area (Å²) in [6.45, 7) is 3.69. The third-order valence-electron chi connectivity index (χ3n) is 3.39. The number of aromatic nitrogens is 3. The first kappa shape index (κ1) is 13.4. The standard InChI is InChI=1S/C14H17N3O2/c1-4-14(2,19-3)13(18)12-10-15-16-17(12)11-8-6-5-7-9-11/h5-10H,4H2,1-3H3. The Morgan fingerprint density at radius 1 is 1.37 bits per heavy atom. The minimum atomic E-state index is -0.853. The molecule has 2 rings (SSSR count). The molecule has 2 aromatic rings. The zero-order valence-electron chi connectivity index (χ0n) is 11.3. The molecule has 0 aliphatic heterocycles. The molecule has 1 aromatic heterocycles. The highest BCUT2D eigenvalue weighted by molar-refractivity contribution is 6.01. The van der Waals surface area contributed by atoms with Gasteiger partial charge in [0, 0.05) is 7.11 Å². The predicted octanol–water partition coefficient (Wildman–Crippen LogP) is 2.27. The Kier molecular flexibility index (Phi) is 3.76. The van der Waals surface area contributed by atoms with E-state index in [2.05, 4.69) is 10.3 Å². The molecule has 0 amide bonds. The number of nitrogens with zero attached hydrogens (tertiary/aromatic N) is 3. The average Bonchev–Trinajstić information content (AvgIpc) is 2.95. The van der Waals surface area contributed by atoms with Crippen LogP contribution in [0.4, 0.5) is 0 Å². The normalized spacial score (nSPS) is 14.1. The molecule has 0 radical (unpaired) electrons. The molecule has 1 aromatic carbocycles. The van der Waals surface area contributed by atoms with E-state index in [1.165, 1.54) is 18.0 Å². The van der Waals surface area contributed by atoms with Crippen molar-refractivity contribution in [3.05, 3.63) is 42.2 Å². The van der Waals surface area contributed by atoms with Crippen molar-refractivity contribution < 1.29 is 9.53 Å². The van der Waals surface area contributed by atoms with E-state index in [1.807, 2.05) is 37.3 Å². The second-order valence-corrected chi connectivity index (χ2v) is 4.48. The van der Waals surface area contributed by atoms with E-state index in [-0.39, 0.29) is 5.78 Å². The fraction of sp³-hybridized carbons (Fsp3) is 0.357. The van der Waals surface area contributed by atoms with Crippen molar-refractivity contribution in [3.8, 4) is 5.69 Å². The van der Waals surface area contributed by atoms with Crippen LogP contribution in [0.1, 0.15) is 30.8 Å². The summed E-state index contributed by atoms with van der Waals surface area (Å²) in [5.74, 6) is -0.119. The summed E-state index contributed by atoms with van der Waals surface area (Å²) >= 11 is 0. The van der Waals surface area contributed by atoms with Crippen LogP contribution in [0.3, 0.4) is 0 Å². The van der Waals surface area contributed by atoms with Crippen LogP contribution < -0.4 is 0 Å². The monoisotopic (exact) mass is 259 g/mol. The molecular weight excluding hydrogens is 242 g/mol. The number of hydrogen-bond acceptors (Lipinski definition) is 4. The highest BCUT2D eigenvalue weighted by atomic mass is 16.5. The molecular formula is C14H17N3O2. The third-order valence-corrected chi connectivity index (χ3v) is 3.39. The molecule has 1 atom stereocenters. The number of para-hydroxylation sites is 1. The van der Waals surface area contributed by atoms with E-state index in [1.54, 1.807) is 6.92 Å². The van der Waals surface area contributed by atoms with E-state index in [0.717, 1.165) is 5.69 Å². The van der Waals surface area contributed by atoms with E-state index in [4.69, 9.17) is 4.74 Å². The van der Waals surface area contributed by atoms with E-state index < -0.39 is 5.60 Å². The average molecular weight is 259 g/mol. The molecule has 0 aliphatic rings. The van der Waals surface area contributed by atoms with Gasteiger partial charge in [0.1, 0.15) is 11.3 Å². The number of carbonyl (C=O) groups excluding carboxylic acids is 1. The largest absolute Gasteiger partial charge is 0.370 e. The van der Waals surface area contributed by atoms with Crippen molar-refractivity contribution in [1.82, 2.24) is 15.0 Å². The number of ether oxygens (including phenoxy) is 1. The first-order valence-electron chi connectivity index (χ1n) is 6.18. The van der Waals surface area contributed by atoms with Gasteiger partial charge in [0.15, 0.2) is 0 Å². The summed E-state index contributed by atoms with van der Waals surface area (Å²) in [6, 6.07) is 9.44. The van der Waals surface area contributed by atoms with Crippen LogP contribution in [0.15, 0.2) is 36.5 Å². The lowest BCUT2D eigenvalue weighted by Gasteiger charge is -2.24. The van der Waals surface area contributed by atoms with Gasteiger partial charge >= 0.3 is 0 Å². The zero-order chi connectivity index (χ0) is 13.9. The highest BCUT2D eigenvalue weighted by Gasteiger charge is 2.34. The van der Waals surface area contributed by atoms with Crippen molar-refractivity contribution in [1.29, 1.82) is 0 Å². The van der Waals surface area contributed by atoms with Crippen LogP contribution in [0.5, 0.6) is 0 Å². The van der Waals surface area contributed by atoms with Gasteiger partial charge in [-0.05, 0) is 25.5 Å². The molecule has 0 saturated carbocycles. The second kappa shape index (κ2) is 5.32. The Labute approximate surface area is 112 Å². The van der Waals surface area contributed by atoms with Crippen LogP contribution in [0.25, 0.3) is 5.69 Å². The van der Waals surface area contributed by atoms with Gasteiger partial charge in [-0.15, -0.1) is 5.10 Å². The van der Waals surface area contributed by atoms with Crippen LogP contribution >= 0.6 is 0 Å². The van der Waals surface area contributed by atoms with Crippen LogP contribution in [0, 0.1) is 0 Å². The SMILES string of the molecule is CCC(C)(OC)C(=O)c1cnnn1-c1ccccc1. The predicted molar refractivity (Wildman–Crippen MR) is 71.4 cm³/mol. The zero-order valence-corrected chi connectivity index (χ0v) is 11.3. The Morgan fingerprint density at radius 2 is 2.05 bits per heavy atom. The molecule has 0 saturated heterocycles. The molecule has 0 bridgehead atoms. The van der Waals surface area contributed by atoms with Gasteiger partial charge in [-0.2, -0.15) is 0 Å². The van der Waals surface area contributed by atoms with Crippen molar-refractivity contribution in [2.45, 2.75) is 25.9 Å². The van der Waals surface area contributed by atoms with Crippen molar-refractivity contribution in [2.75, 3.05) is 7.11 Å². The number of carbonyl (C=O) groups is 1. The molecule has 1 heterocycles. The second-order valence-electron chi connectivity index (χ2n) is 4.48. The van der Waals surface area contributed by atoms with E-state index in [9.17, 15) is 4.79 Å². The van der Waals surface area contributed by atoms with Gasteiger partial charge in [0.25, 0.3) is 0 Å². The fourth-order valence-corrected chi connectivity index (χ4v) is 1.82. The number of rotatable bonds is 5. The smallest absolute Gasteiger partial charge is 0.214 e. The molecule has 5 heteroatoms. The Bertz CT molecular complexity index is 559. The van der Waals surface area contributed by atoms with Gasteiger partial charge < -0.3 is 4.74 Å². The molecule has 0 N–H and O–H groups in total. The topological polar surface area (TPSA) is 57.0 Å². The number of hydrogen-bond donors (Lipinski definition) is 0. The van der Waals surface area contributed by atoms with E-state index >= 15 is 0 Å². The maximum atomic E-state index is 12.6. The lowest BCUT2D eigenvalue weighted by atomic mass is 9.95. The molecule has 1 unspecified atom stereocenters. The molecule has 0 spiro atoms. The van der Waals surface area contributed by atoms with Gasteiger partial charge in [0.2, 0.25) is 5.78 Å². The Morgan fingerprint density at radius 3 is 2.63 bits per heavy atom. The van der Waals surface area contributed by atoms with Crippen molar-refractivity contribution in [2.24, 2.45) is 0 Å². The number of methoxy groups -OCH3 is 1. The van der Waals surface area contributed by atoms with Crippen LogP contribution in [-0.4, -0.2) is 33.5 Å². The molecule has 0 fully saturated rings. The van der Waals surface area contributed by atoms with Crippen molar-refractivity contribution >= 4 is 5.78 Å². The number of ketones is 1. The van der Waals surface area contributed by atoms with Gasteiger partial charge in [0.05, 0.1) is 11.9 Å². The third kappa shape index (κ3) is 2.42. The Balaban J connectivity index is 2.43. The highest BCUT2D eigenvalue weighted by Crippen LogP contribution is 2.21. The van der Waals surface area contributed by atoms with Gasteiger partial charge in [-0.3, -0.25) is 4.79 Å². The number of Topliss-reactive ketones (excluding diaryl/α,β-unsaturated/α-hetero) is 1. The maximum absolute atomic E-state index is 12.6. The summed E-state index contributed by atoms with van der Waals surface area (Å²) in [4.78, 5) is 12.6. The summed E-state index contributed by atoms with van der Waals surface area (Å²) in [5.41, 5.74) is 0.379. The van der Waals surface area contributed by atoms with Crippen molar-refractivity contribution in [3.63, 3.8) is 0 Å². The lowest BCUT2D eigenvalue weighted by Crippen LogP contribution is -2.37. The van der Waals surface area contributed by atoms with E-state index in [0.29, 0.717) is 12.1 Å². The summed E-state index contributed by atoms with van der Waals surface area (Å²) in [5, 5.41) is 7.82. The summed E-state index contributed by atoms with van der Waals surface area (Å²) < 4.78 is 6.88. The number of benzene rings is 1. The summed E-state index contributed by atoms with van der Waals surface area (Å²) in [7, 11) is 1.54. The first-order valence-corrected chi connectivity index (χ1v) is 6.18. The van der Waals surface area contributed by atoms with Crippen LogP contribution in [0.2, 0.25) is 0 Å². The summed E-state index contributed by atoms with van der Waals surface area (Å²) in [6.07, 6.45) is 2.06. The molecule has 0 aliphatic carbocycles. The quantitative estimate of drug-likeness (QED) is 0.773. The minimum absolute atomic E-state index is 0.119. The minimum Gasteiger partial charge on any atom is -0.370 e. The van der Waals surface area contributed by atoms with Crippen LogP contribution in [-0.2, 0) is 4.74 Å². The van der Waals surface area contributed by atoms with Gasteiger partial charge in [-0.1, -0.05) is 30.3 Å².